The maximum absolute atomic E-state index is 5.78. The van der Waals surface area contributed by atoms with E-state index in [0.29, 0.717) is 18.1 Å². The molecule has 5 nitrogen and oxygen atoms in total. The van der Waals surface area contributed by atoms with Crippen molar-refractivity contribution in [2.45, 2.75) is 6.54 Å². The number of benzene rings is 2. The fraction of sp³-hybridized carbons (Fsp3) is 0.125. The third-order valence-electron chi connectivity index (χ3n) is 3.18. The van der Waals surface area contributed by atoms with Gasteiger partial charge in [0.1, 0.15) is 12.1 Å². The maximum Gasteiger partial charge on any atom is 0.181 e. The van der Waals surface area contributed by atoms with Crippen molar-refractivity contribution >= 4 is 5.69 Å². The summed E-state index contributed by atoms with van der Waals surface area (Å²) in [5, 5.41) is 4.48. The van der Waals surface area contributed by atoms with E-state index in [4.69, 9.17) is 10.5 Å². The van der Waals surface area contributed by atoms with Gasteiger partial charge in [-0.05, 0) is 29.8 Å². The van der Waals surface area contributed by atoms with Crippen LogP contribution in [0.1, 0.15) is 5.56 Å². The molecule has 0 bridgehead atoms. The molecule has 0 aliphatic heterocycles. The average molecular weight is 280 g/mol. The van der Waals surface area contributed by atoms with Gasteiger partial charge in [0.25, 0.3) is 0 Å². The number of hydrogen-bond donors (Lipinski definition) is 1. The third kappa shape index (κ3) is 3.02. The van der Waals surface area contributed by atoms with Crippen LogP contribution < -0.4 is 10.5 Å². The van der Waals surface area contributed by atoms with Crippen LogP contribution in [0.2, 0.25) is 0 Å². The predicted molar refractivity (Wildman–Crippen MR) is 82.0 cm³/mol. The summed E-state index contributed by atoms with van der Waals surface area (Å²) in [5.74, 6) is 1.52. The number of methoxy groups -OCH3 is 1. The molecule has 2 aromatic carbocycles. The Morgan fingerprint density at radius 2 is 1.95 bits per heavy atom. The van der Waals surface area contributed by atoms with Crippen molar-refractivity contribution in [3.63, 3.8) is 0 Å². The Kier molecular flexibility index (Phi) is 3.55. The van der Waals surface area contributed by atoms with Gasteiger partial charge in [0.15, 0.2) is 5.82 Å². The van der Waals surface area contributed by atoms with Crippen molar-refractivity contribution in [3.05, 3.63) is 60.4 Å². The van der Waals surface area contributed by atoms with Crippen LogP contribution in [0.4, 0.5) is 5.69 Å². The van der Waals surface area contributed by atoms with Gasteiger partial charge in [0, 0.05) is 11.3 Å². The predicted octanol–water partition coefficient (Wildman–Crippen LogP) is 2.58. The van der Waals surface area contributed by atoms with Crippen LogP contribution in [0, 0.1) is 0 Å². The topological polar surface area (TPSA) is 66.0 Å². The molecule has 0 radical (unpaired) electrons. The molecule has 3 aromatic rings. The molecule has 5 heteroatoms. The van der Waals surface area contributed by atoms with E-state index in [2.05, 4.69) is 10.1 Å². The molecule has 1 aromatic heterocycles. The summed E-state index contributed by atoms with van der Waals surface area (Å²) in [5.41, 5.74) is 8.55. The molecule has 0 unspecified atom stereocenters. The Hall–Kier alpha value is -2.82. The first-order valence-electron chi connectivity index (χ1n) is 6.63. The largest absolute Gasteiger partial charge is 0.497 e. The molecule has 0 atom stereocenters. The Bertz CT molecular complexity index is 734. The minimum atomic E-state index is 0.666. The van der Waals surface area contributed by atoms with E-state index >= 15 is 0 Å². The van der Waals surface area contributed by atoms with Crippen molar-refractivity contribution in [2.24, 2.45) is 0 Å². The monoisotopic (exact) mass is 280 g/mol. The van der Waals surface area contributed by atoms with Gasteiger partial charge in [-0.15, -0.1) is 0 Å². The summed E-state index contributed by atoms with van der Waals surface area (Å²) >= 11 is 0. The molecule has 0 spiro atoms. The number of nitrogens with zero attached hydrogens (tertiary/aromatic N) is 3. The summed E-state index contributed by atoms with van der Waals surface area (Å²) in [6, 6.07) is 15.5. The van der Waals surface area contributed by atoms with Crippen molar-refractivity contribution in [2.75, 3.05) is 12.8 Å². The molecular formula is C16H16N4O. The highest BCUT2D eigenvalue weighted by Gasteiger charge is 2.05. The molecule has 0 aliphatic carbocycles. The van der Waals surface area contributed by atoms with Crippen LogP contribution in [-0.2, 0) is 6.54 Å². The van der Waals surface area contributed by atoms with E-state index in [1.807, 2.05) is 48.5 Å². The molecular weight excluding hydrogens is 264 g/mol. The van der Waals surface area contributed by atoms with Crippen molar-refractivity contribution in [1.82, 2.24) is 14.8 Å². The van der Waals surface area contributed by atoms with Crippen LogP contribution in [0.15, 0.2) is 54.9 Å². The Balaban J connectivity index is 1.78. The number of nitrogen functional groups attached to an aromatic ring is 1. The zero-order valence-corrected chi connectivity index (χ0v) is 11.7. The lowest BCUT2D eigenvalue weighted by atomic mass is 10.2. The molecule has 2 N–H and O–H groups in total. The van der Waals surface area contributed by atoms with E-state index in [1.54, 1.807) is 18.1 Å². The van der Waals surface area contributed by atoms with Gasteiger partial charge in [0.2, 0.25) is 0 Å². The normalized spacial score (nSPS) is 10.5. The number of nitrogens with two attached hydrogens (primary N) is 1. The van der Waals surface area contributed by atoms with Gasteiger partial charge >= 0.3 is 0 Å². The molecule has 0 saturated heterocycles. The number of anilines is 1. The van der Waals surface area contributed by atoms with Crippen LogP contribution in [0.3, 0.4) is 0 Å². The second-order valence-corrected chi connectivity index (χ2v) is 4.74. The van der Waals surface area contributed by atoms with E-state index in [9.17, 15) is 0 Å². The molecule has 106 valence electrons. The fourth-order valence-corrected chi connectivity index (χ4v) is 2.10. The van der Waals surface area contributed by atoms with Gasteiger partial charge in [-0.3, -0.25) is 0 Å². The SMILES string of the molecule is COc1ccc(Cn2cnc(-c3cccc(N)c3)n2)cc1. The quantitative estimate of drug-likeness (QED) is 0.746. The summed E-state index contributed by atoms with van der Waals surface area (Å²) < 4.78 is 6.95. The zero-order valence-electron chi connectivity index (χ0n) is 11.7. The Morgan fingerprint density at radius 1 is 1.14 bits per heavy atom. The van der Waals surface area contributed by atoms with Crippen LogP contribution in [0.5, 0.6) is 5.75 Å². The molecule has 21 heavy (non-hydrogen) atoms. The Morgan fingerprint density at radius 3 is 2.67 bits per heavy atom. The number of rotatable bonds is 4. The van der Waals surface area contributed by atoms with Gasteiger partial charge in [0.05, 0.1) is 13.7 Å². The summed E-state index contributed by atoms with van der Waals surface area (Å²) in [6.07, 6.45) is 1.72. The molecule has 1 heterocycles. The van der Waals surface area contributed by atoms with E-state index < -0.39 is 0 Å². The second-order valence-electron chi connectivity index (χ2n) is 4.74. The minimum Gasteiger partial charge on any atom is -0.497 e. The van der Waals surface area contributed by atoms with Crippen LogP contribution in [0.25, 0.3) is 11.4 Å². The molecule has 0 fully saturated rings. The lowest BCUT2D eigenvalue weighted by molar-refractivity contribution is 0.414. The van der Waals surface area contributed by atoms with Crippen LogP contribution >= 0.6 is 0 Å². The standard InChI is InChI=1S/C16H16N4O/c1-21-15-7-5-12(6-8-15)10-20-11-18-16(19-20)13-3-2-4-14(17)9-13/h2-9,11H,10,17H2,1H3. The van der Waals surface area contributed by atoms with E-state index in [0.717, 1.165) is 16.9 Å². The van der Waals surface area contributed by atoms with Crippen molar-refractivity contribution in [3.8, 4) is 17.1 Å². The van der Waals surface area contributed by atoms with Crippen LogP contribution in [-0.4, -0.2) is 21.9 Å². The zero-order chi connectivity index (χ0) is 14.7. The lowest BCUT2D eigenvalue weighted by Gasteiger charge is -2.03. The van der Waals surface area contributed by atoms with E-state index in [-0.39, 0.29) is 0 Å². The highest BCUT2D eigenvalue weighted by Crippen LogP contribution is 2.17. The smallest absolute Gasteiger partial charge is 0.181 e. The first-order chi connectivity index (χ1) is 10.2. The molecule has 0 amide bonds. The van der Waals surface area contributed by atoms with E-state index in [1.165, 1.54) is 0 Å². The molecule has 0 saturated carbocycles. The van der Waals surface area contributed by atoms with Crippen molar-refractivity contribution < 1.29 is 4.74 Å². The summed E-state index contributed by atoms with van der Waals surface area (Å²) in [6.45, 7) is 0.666. The summed E-state index contributed by atoms with van der Waals surface area (Å²) in [4.78, 5) is 4.33. The average Bonchev–Trinajstić information content (AvgIpc) is 2.97. The van der Waals surface area contributed by atoms with Gasteiger partial charge in [-0.2, -0.15) is 5.10 Å². The second kappa shape index (κ2) is 5.66. The third-order valence-corrected chi connectivity index (χ3v) is 3.18. The fourth-order valence-electron chi connectivity index (χ4n) is 2.10. The number of hydrogen-bond acceptors (Lipinski definition) is 4. The summed E-state index contributed by atoms with van der Waals surface area (Å²) in [7, 11) is 1.66. The number of ether oxygens (including phenoxy) is 1. The highest BCUT2D eigenvalue weighted by molar-refractivity contribution is 5.60. The first kappa shape index (κ1) is 13.2. The van der Waals surface area contributed by atoms with Gasteiger partial charge in [-0.1, -0.05) is 24.3 Å². The number of aromatic nitrogens is 3. The maximum atomic E-state index is 5.78. The van der Waals surface area contributed by atoms with Gasteiger partial charge < -0.3 is 10.5 Å². The van der Waals surface area contributed by atoms with Gasteiger partial charge in [-0.25, -0.2) is 9.67 Å². The first-order valence-corrected chi connectivity index (χ1v) is 6.63. The Labute approximate surface area is 123 Å². The van der Waals surface area contributed by atoms with Crippen molar-refractivity contribution in [1.29, 1.82) is 0 Å². The molecule has 0 aliphatic rings. The highest BCUT2D eigenvalue weighted by atomic mass is 16.5. The minimum absolute atomic E-state index is 0.666. The molecule has 3 rings (SSSR count). The lowest BCUT2D eigenvalue weighted by Crippen LogP contribution is -2.00.